The normalized spacial score (nSPS) is 10.4. The maximum Gasteiger partial charge on any atom is 0.335 e. The van der Waals surface area contributed by atoms with Crippen molar-refractivity contribution in [3.8, 4) is 29.4 Å². The first-order chi connectivity index (χ1) is 19.6. The molecule has 0 saturated heterocycles. The van der Waals surface area contributed by atoms with Crippen molar-refractivity contribution in [3.63, 3.8) is 0 Å². The van der Waals surface area contributed by atoms with Gasteiger partial charge in [0.05, 0.1) is 0 Å². The molecule has 3 heteroatoms. The first-order valence-electron chi connectivity index (χ1n) is 14.4. The smallest absolute Gasteiger partial charge is 0.335 e. The quantitative estimate of drug-likeness (QED) is 0.139. The highest BCUT2D eigenvalue weighted by molar-refractivity contribution is 5.86. The van der Waals surface area contributed by atoms with Crippen LogP contribution in [0.2, 0.25) is 0 Å². The average Bonchev–Trinajstić information content (AvgIpc) is 2.94. The summed E-state index contributed by atoms with van der Waals surface area (Å²) in [5.74, 6) is 14.3. The van der Waals surface area contributed by atoms with Crippen LogP contribution in [-0.2, 0) is 9.53 Å². The molecular weight excluding hydrogens is 516 g/mol. The molecule has 0 radical (unpaired) electrons. The predicted octanol–water partition coefficient (Wildman–Crippen LogP) is 8.64. The van der Waals surface area contributed by atoms with Crippen LogP contribution in [0.5, 0.6) is 5.75 Å². The van der Waals surface area contributed by atoms with E-state index in [1.54, 1.807) is 6.92 Å². The molecule has 0 aliphatic rings. The molecule has 42 heavy (non-hydrogen) atoms. The van der Waals surface area contributed by atoms with Gasteiger partial charge < -0.3 is 9.47 Å². The van der Waals surface area contributed by atoms with Crippen LogP contribution >= 0.6 is 0 Å². The van der Waals surface area contributed by atoms with E-state index in [-0.39, 0.29) is 6.79 Å². The molecule has 0 bridgehead atoms. The van der Waals surface area contributed by atoms with E-state index in [0.29, 0.717) is 5.57 Å². The van der Waals surface area contributed by atoms with Crippen molar-refractivity contribution in [3.05, 3.63) is 107 Å². The summed E-state index contributed by atoms with van der Waals surface area (Å²) < 4.78 is 11.0. The molecule has 3 rings (SSSR count). The molecule has 0 N–H and O–H groups in total. The molecule has 3 aromatic rings. The van der Waals surface area contributed by atoms with Crippen LogP contribution in [0.25, 0.3) is 0 Å². The first-order valence-corrected chi connectivity index (χ1v) is 14.4. The minimum Gasteiger partial charge on any atom is -0.457 e. The Labute approximate surface area is 253 Å². The minimum atomic E-state index is -0.468. The Kier molecular flexibility index (Phi) is 9.81. The lowest BCUT2D eigenvalue weighted by Crippen LogP contribution is -2.12. The number of ether oxygens (including phenoxy) is 2. The lowest BCUT2D eigenvalue weighted by Gasteiger charge is -2.18. The Morgan fingerprint density at radius 3 is 1.21 bits per heavy atom. The van der Waals surface area contributed by atoms with Gasteiger partial charge in [-0.05, 0) is 157 Å². The van der Waals surface area contributed by atoms with Gasteiger partial charge in [-0.2, -0.15) is 0 Å². The molecule has 0 atom stereocenters. The summed E-state index contributed by atoms with van der Waals surface area (Å²) in [6.45, 7) is 30.4. The van der Waals surface area contributed by atoms with E-state index in [9.17, 15) is 4.79 Å². The molecule has 0 fully saturated rings. The van der Waals surface area contributed by atoms with E-state index in [1.807, 2.05) is 13.8 Å². The van der Waals surface area contributed by atoms with Crippen molar-refractivity contribution in [1.29, 1.82) is 0 Å². The van der Waals surface area contributed by atoms with Crippen molar-refractivity contribution < 1.29 is 14.3 Å². The van der Waals surface area contributed by atoms with Crippen LogP contribution in [0.3, 0.4) is 0 Å². The number of hydrogen-bond acceptors (Lipinski definition) is 3. The van der Waals surface area contributed by atoms with E-state index in [1.165, 1.54) is 33.4 Å². The van der Waals surface area contributed by atoms with Crippen LogP contribution in [0.1, 0.15) is 95.9 Å². The second-order valence-corrected chi connectivity index (χ2v) is 11.6. The monoisotopic (exact) mass is 560 g/mol. The second kappa shape index (κ2) is 12.8. The zero-order valence-corrected chi connectivity index (χ0v) is 27.7. The van der Waals surface area contributed by atoms with Gasteiger partial charge >= 0.3 is 5.97 Å². The molecule has 0 spiro atoms. The van der Waals surface area contributed by atoms with E-state index in [2.05, 4.69) is 106 Å². The average molecular weight is 561 g/mol. The third-order valence-corrected chi connectivity index (χ3v) is 8.91. The highest BCUT2D eigenvalue weighted by Crippen LogP contribution is 2.33. The summed E-state index contributed by atoms with van der Waals surface area (Å²) in [6.07, 6.45) is 0. The lowest BCUT2D eigenvalue weighted by atomic mass is 9.88. The van der Waals surface area contributed by atoms with Crippen LogP contribution in [0.15, 0.2) is 18.2 Å². The van der Waals surface area contributed by atoms with Crippen LogP contribution in [0.4, 0.5) is 0 Å². The van der Waals surface area contributed by atoms with Gasteiger partial charge in [-0.15, -0.1) is 0 Å². The minimum absolute atomic E-state index is 0.161. The number of hydrogen-bond donors (Lipinski definition) is 0. The summed E-state index contributed by atoms with van der Waals surface area (Å²) in [7, 11) is 0. The third kappa shape index (κ3) is 6.17. The lowest BCUT2D eigenvalue weighted by molar-refractivity contribution is -0.145. The second-order valence-electron chi connectivity index (χ2n) is 11.6. The van der Waals surface area contributed by atoms with Crippen LogP contribution in [0, 0.1) is 107 Å². The van der Waals surface area contributed by atoms with Gasteiger partial charge in [-0.3, -0.25) is 0 Å². The molecule has 0 aliphatic heterocycles. The number of benzene rings is 3. The molecule has 0 heterocycles. The molecule has 3 nitrogen and oxygen atoms in total. The molecule has 0 unspecified atom stereocenters. The van der Waals surface area contributed by atoms with E-state index < -0.39 is 5.97 Å². The van der Waals surface area contributed by atoms with Gasteiger partial charge in [0.25, 0.3) is 0 Å². The summed E-state index contributed by atoms with van der Waals surface area (Å²) in [6, 6.07) is 2.24. The van der Waals surface area contributed by atoms with Crippen molar-refractivity contribution in [1.82, 2.24) is 0 Å². The molecule has 0 aromatic heterocycles. The largest absolute Gasteiger partial charge is 0.457 e. The fraction of sp³-hybridized carbons (Fsp3) is 0.359. The highest BCUT2D eigenvalue weighted by atomic mass is 16.7. The zero-order valence-electron chi connectivity index (χ0n) is 27.7. The van der Waals surface area contributed by atoms with Crippen LogP contribution in [-0.4, -0.2) is 12.8 Å². The number of carbonyl (C=O) groups excluding carboxylic acids is 1. The standard InChI is InChI=1S/C39H44O3/c1-21(2)39(40)42-20-41-38-32(13)30(11)37(31(12)33(38)14)18-17-36-28(9)26(7)35(27(8)29(36)10)16-15-34-24(5)22(3)19-23(4)25(34)6/h19H,1,20H2,2-14H3. The van der Waals surface area contributed by atoms with E-state index in [4.69, 9.17) is 9.47 Å². The topological polar surface area (TPSA) is 35.5 Å². The SMILES string of the molecule is C=C(C)C(=O)OCOc1c(C)c(C)c(C#Cc2c(C)c(C)c(C#Cc3c(C)c(C)cc(C)c3C)c(C)c2C)c(C)c1C. The maximum absolute atomic E-state index is 11.8. The third-order valence-electron chi connectivity index (χ3n) is 8.91. The van der Waals surface area contributed by atoms with E-state index in [0.717, 1.165) is 61.4 Å². The molecule has 0 aliphatic carbocycles. The highest BCUT2D eigenvalue weighted by Gasteiger charge is 2.17. The van der Waals surface area contributed by atoms with Gasteiger partial charge in [0, 0.05) is 27.8 Å². The fourth-order valence-corrected chi connectivity index (χ4v) is 5.29. The summed E-state index contributed by atoms with van der Waals surface area (Å²) in [5, 5.41) is 0. The van der Waals surface area contributed by atoms with Crippen molar-refractivity contribution in [2.45, 2.75) is 90.0 Å². The summed E-state index contributed by atoms with van der Waals surface area (Å²) in [4.78, 5) is 11.8. The molecule has 0 saturated carbocycles. The molecule has 218 valence electrons. The number of carbonyl (C=O) groups is 1. The Hall–Kier alpha value is -4.21. The first kappa shape index (κ1) is 32.3. The van der Waals surface area contributed by atoms with Crippen molar-refractivity contribution >= 4 is 5.97 Å². The van der Waals surface area contributed by atoms with Gasteiger partial charge in [0.15, 0.2) is 0 Å². The molecule has 0 amide bonds. The van der Waals surface area contributed by atoms with E-state index >= 15 is 0 Å². The summed E-state index contributed by atoms with van der Waals surface area (Å²) >= 11 is 0. The van der Waals surface area contributed by atoms with Gasteiger partial charge in [-0.25, -0.2) is 4.79 Å². The Balaban J connectivity index is 2.06. The van der Waals surface area contributed by atoms with Crippen molar-refractivity contribution in [2.24, 2.45) is 0 Å². The Morgan fingerprint density at radius 2 is 0.881 bits per heavy atom. The van der Waals surface area contributed by atoms with Gasteiger partial charge in [0.1, 0.15) is 5.75 Å². The predicted molar refractivity (Wildman–Crippen MR) is 175 cm³/mol. The Morgan fingerprint density at radius 1 is 0.571 bits per heavy atom. The zero-order chi connectivity index (χ0) is 31.6. The van der Waals surface area contributed by atoms with Gasteiger partial charge in [-0.1, -0.05) is 36.3 Å². The number of esters is 1. The maximum atomic E-state index is 11.8. The van der Waals surface area contributed by atoms with Gasteiger partial charge in [0.2, 0.25) is 6.79 Å². The van der Waals surface area contributed by atoms with Crippen molar-refractivity contribution in [2.75, 3.05) is 6.79 Å². The molecular formula is C39H44O3. The number of aryl methyl sites for hydroxylation is 2. The Bertz CT molecular complexity index is 1670. The number of rotatable bonds is 4. The summed E-state index contributed by atoms with van der Waals surface area (Å²) in [5.41, 5.74) is 18.4. The van der Waals surface area contributed by atoms with Crippen LogP contribution < -0.4 is 4.74 Å². The molecule has 3 aromatic carbocycles. The fourth-order valence-electron chi connectivity index (χ4n) is 5.29.